The summed E-state index contributed by atoms with van der Waals surface area (Å²) >= 11 is 0. The highest BCUT2D eigenvalue weighted by molar-refractivity contribution is 4.94. The van der Waals surface area contributed by atoms with Crippen molar-refractivity contribution >= 4 is 0 Å². The molecule has 1 rings (SSSR count). The third-order valence-corrected chi connectivity index (χ3v) is 1.69. The second-order valence-corrected chi connectivity index (χ2v) is 3.69. The van der Waals surface area contributed by atoms with Crippen LogP contribution in [0, 0.1) is 12.8 Å². The minimum Gasteiger partial charge on any atom is -0.379 e. The fourth-order valence-electron chi connectivity index (χ4n) is 1.06. The summed E-state index contributed by atoms with van der Waals surface area (Å²) in [6, 6.07) is 2.00. The Kier molecular flexibility index (Phi) is 3.96. The molecule has 0 aliphatic carbocycles. The lowest BCUT2D eigenvalue weighted by Crippen LogP contribution is -2.09. The van der Waals surface area contributed by atoms with Gasteiger partial charge < -0.3 is 4.74 Å². The molecule has 74 valence electrons. The number of rotatable bonds is 5. The summed E-state index contributed by atoms with van der Waals surface area (Å²) in [5.41, 5.74) is 1.06. The van der Waals surface area contributed by atoms with Gasteiger partial charge in [0, 0.05) is 12.8 Å². The van der Waals surface area contributed by atoms with E-state index in [1.807, 2.05) is 23.9 Å². The van der Waals surface area contributed by atoms with Crippen molar-refractivity contribution in [3.8, 4) is 0 Å². The lowest BCUT2D eigenvalue weighted by Gasteiger charge is -2.06. The molecule has 1 heterocycles. The Balaban J connectivity index is 2.13. The normalized spacial score (nSPS) is 11.1. The molecule has 0 aliphatic heterocycles. The van der Waals surface area contributed by atoms with E-state index in [0.29, 0.717) is 5.92 Å². The summed E-state index contributed by atoms with van der Waals surface area (Å²) in [6.07, 6.45) is 1.98. The molecular weight excluding hydrogens is 164 g/mol. The Hall–Kier alpha value is -0.830. The van der Waals surface area contributed by atoms with Crippen LogP contribution in [0.4, 0.5) is 0 Å². The number of nitrogens with zero attached hydrogens (tertiary/aromatic N) is 2. The molecule has 0 fully saturated rings. The van der Waals surface area contributed by atoms with Crippen LogP contribution >= 0.6 is 0 Å². The van der Waals surface area contributed by atoms with Crippen LogP contribution < -0.4 is 0 Å². The zero-order valence-corrected chi connectivity index (χ0v) is 8.66. The summed E-state index contributed by atoms with van der Waals surface area (Å²) < 4.78 is 7.36. The number of ether oxygens (including phenoxy) is 1. The highest BCUT2D eigenvalue weighted by Gasteiger charge is 1.95. The van der Waals surface area contributed by atoms with Gasteiger partial charge in [-0.2, -0.15) is 5.10 Å². The fourth-order valence-corrected chi connectivity index (χ4v) is 1.06. The molecule has 0 amide bonds. The summed E-state index contributed by atoms with van der Waals surface area (Å²) in [6.45, 7) is 8.72. The van der Waals surface area contributed by atoms with E-state index in [1.165, 1.54) is 0 Å². The van der Waals surface area contributed by atoms with E-state index in [4.69, 9.17) is 4.74 Å². The quantitative estimate of drug-likeness (QED) is 0.650. The summed E-state index contributed by atoms with van der Waals surface area (Å²) in [5.74, 6) is 0.611. The van der Waals surface area contributed by atoms with Crippen molar-refractivity contribution in [1.29, 1.82) is 0 Å². The van der Waals surface area contributed by atoms with E-state index in [1.54, 1.807) is 0 Å². The minimum absolute atomic E-state index is 0.611. The van der Waals surface area contributed by atoms with Crippen molar-refractivity contribution in [1.82, 2.24) is 9.78 Å². The Morgan fingerprint density at radius 3 is 2.85 bits per heavy atom. The number of hydrogen-bond donors (Lipinski definition) is 0. The molecule has 0 radical (unpaired) electrons. The zero-order valence-electron chi connectivity index (χ0n) is 8.66. The molecule has 0 atom stereocenters. The van der Waals surface area contributed by atoms with Crippen LogP contribution in [0.3, 0.4) is 0 Å². The van der Waals surface area contributed by atoms with Gasteiger partial charge in [0.15, 0.2) is 0 Å². The van der Waals surface area contributed by atoms with Crippen molar-refractivity contribution in [3.63, 3.8) is 0 Å². The van der Waals surface area contributed by atoms with Gasteiger partial charge in [0.25, 0.3) is 0 Å². The van der Waals surface area contributed by atoms with Crippen molar-refractivity contribution in [2.75, 3.05) is 13.2 Å². The van der Waals surface area contributed by atoms with Crippen molar-refractivity contribution in [2.24, 2.45) is 5.92 Å². The second-order valence-electron chi connectivity index (χ2n) is 3.69. The molecule has 3 heteroatoms. The average molecular weight is 182 g/mol. The van der Waals surface area contributed by atoms with E-state index < -0.39 is 0 Å². The molecule has 0 unspecified atom stereocenters. The zero-order chi connectivity index (χ0) is 9.68. The van der Waals surface area contributed by atoms with Crippen LogP contribution in [-0.4, -0.2) is 23.0 Å². The van der Waals surface area contributed by atoms with Gasteiger partial charge in [-0.3, -0.25) is 4.68 Å². The molecule has 13 heavy (non-hydrogen) atoms. The van der Waals surface area contributed by atoms with Gasteiger partial charge in [-0.05, 0) is 18.9 Å². The first-order valence-corrected chi connectivity index (χ1v) is 4.76. The molecule has 0 saturated heterocycles. The van der Waals surface area contributed by atoms with Gasteiger partial charge in [-0.15, -0.1) is 0 Å². The van der Waals surface area contributed by atoms with Crippen LogP contribution in [0.5, 0.6) is 0 Å². The molecule has 0 bridgehead atoms. The Morgan fingerprint density at radius 2 is 2.31 bits per heavy atom. The van der Waals surface area contributed by atoms with Crippen molar-refractivity contribution in [3.05, 3.63) is 18.0 Å². The minimum atomic E-state index is 0.611. The number of aryl methyl sites for hydroxylation is 1. The van der Waals surface area contributed by atoms with Gasteiger partial charge in [0.05, 0.1) is 18.8 Å². The molecule has 3 nitrogen and oxygen atoms in total. The van der Waals surface area contributed by atoms with E-state index in [-0.39, 0.29) is 0 Å². The highest BCUT2D eigenvalue weighted by Crippen LogP contribution is 1.95. The molecule has 0 saturated carbocycles. The molecule has 0 N–H and O–H groups in total. The molecule has 0 aliphatic rings. The second kappa shape index (κ2) is 5.02. The molecule has 0 spiro atoms. The van der Waals surface area contributed by atoms with Gasteiger partial charge in [-0.1, -0.05) is 13.8 Å². The molecule has 1 aromatic heterocycles. The monoisotopic (exact) mass is 182 g/mol. The van der Waals surface area contributed by atoms with E-state index in [9.17, 15) is 0 Å². The first kappa shape index (κ1) is 10.3. The molecular formula is C10H18N2O. The first-order chi connectivity index (χ1) is 6.18. The van der Waals surface area contributed by atoms with E-state index in [0.717, 1.165) is 25.5 Å². The lowest BCUT2D eigenvalue weighted by molar-refractivity contribution is 0.101. The smallest absolute Gasteiger partial charge is 0.0662 e. The fraction of sp³-hybridized carbons (Fsp3) is 0.700. The summed E-state index contributed by atoms with van der Waals surface area (Å²) in [7, 11) is 0. The van der Waals surface area contributed by atoms with Crippen LogP contribution in [-0.2, 0) is 11.3 Å². The third kappa shape index (κ3) is 4.08. The third-order valence-electron chi connectivity index (χ3n) is 1.69. The maximum absolute atomic E-state index is 5.45. The Morgan fingerprint density at radius 1 is 1.54 bits per heavy atom. The van der Waals surface area contributed by atoms with E-state index in [2.05, 4.69) is 18.9 Å². The highest BCUT2D eigenvalue weighted by atomic mass is 16.5. The SMILES string of the molecule is Cc1ccn(CCOCC(C)C)n1. The number of aromatic nitrogens is 2. The van der Waals surface area contributed by atoms with Gasteiger partial charge in [-0.25, -0.2) is 0 Å². The first-order valence-electron chi connectivity index (χ1n) is 4.76. The summed E-state index contributed by atoms with van der Waals surface area (Å²) in [4.78, 5) is 0. The van der Waals surface area contributed by atoms with Gasteiger partial charge in [0.2, 0.25) is 0 Å². The standard InChI is InChI=1S/C10H18N2O/c1-9(2)8-13-7-6-12-5-4-10(3)11-12/h4-5,9H,6-8H2,1-3H3. The van der Waals surface area contributed by atoms with E-state index >= 15 is 0 Å². The van der Waals surface area contributed by atoms with Crippen LogP contribution in [0.1, 0.15) is 19.5 Å². The topological polar surface area (TPSA) is 27.1 Å². The number of hydrogen-bond acceptors (Lipinski definition) is 2. The van der Waals surface area contributed by atoms with Crippen LogP contribution in [0.15, 0.2) is 12.3 Å². The average Bonchev–Trinajstić information content (AvgIpc) is 2.45. The molecule has 1 aromatic rings. The molecule has 0 aromatic carbocycles. The summed E-state index contributed by atoms with van der Waals surface area (Å²) in [5, 5.41) is 4.26. The maximum atomic E-state index is 5.45. The predicted molar refractivity (Wildman–Crippen MR) is 52.6 cm³/mol. The predicted octanol–water partition coefficient (Wildman–Crippen LogP) is 1.86. The van der Waals surface area contributed by atoms with Gasteiger partial charge in [0.1, 0.15) is 0 Å². The van der Waals surface area contributed by atoms with Crippen molar-refractivity contribution in [2.45, 2.75) is 27.3 Å². The van der Waals surface area contributed by atoms with Crippen LogP contribution in [0.25, 0.3) is 0 Å². The van der Waals surface area contributed by atoms with Crippen LogP contribution in [0.2, 0.25) is 0 Å². The largest absolute Gasteiger partial charge is 0.379 e. The van der Waals surface area contributed by atoms with Gasteiger partial charge >= 0.3 is 0 Å². The Labute approximate surface area is 79.7 Å². The maximum Gasteiger partial charge on any atom is 0.0662 e. The Bertz CT molecular complexity index is 243. The lowest BCUT2D eigenvalue weighted by atomic mass is 10.2. The van der Waals surface area contributed by atoms with Crippen molar-refractivity contribution < 1.29 is 4.74 Å².